The number of alkyl halides is 4. The quantitative estimate of drug-likeness (QED) is 0.0674. The summed E-state index contributed by atoms with van der Waals surface area (Å²) in [6.07, 6.45) is 6.40. The van der Waals surface area contributed by atoms with Crippen LogP contribution in [0.5, 0.6) is 0 Å². The van der Waals surface area contributed by atoms with Crippen LogP contribution in [0.4, 0.5) is 56.0 Å². The van der Waals surface area contributed by atoms with Gasteiger partial charge in [0.25, 0.3) is 0 Å². The first-order valence-electron chi connectivity index (χ1n) is 20.1. The molecule has 27 heteroatoms. The molecule has 0 radical (unpaired) electrons. The van der Waals surface area contributed by atoms with Crippen molar-refractivity contribution in [2.45, 2.75) is 47.0 Å². The van der Waals surface area contributed by atoms with Crippen molar-refractivity contribution in [1.29, 1.82) is 10.5 Å². The van der Waals surface area contributed by atoms with Gasteiger partial charge < -0.3 is 20.9 Å². The smallest absolute Gasteiger partial charge is 0.368 e. The molecule has 1 aliphatic rings. The van der Waals surface area contributed by atoms with Crippen LogP contribution in [0.1, 0.15) is 41.3 Å². The molecule has 8 aromatic rings. The third-order valence-corrected chi connectivity index (χ3v) is 12.3. The molecule has 4 amide bonds. The summed E-state index contributed by atoms with van der Waals surface area (Å²) in [5.74, 6) is 1.95. The Balaban J connectivity index is 0.000000224. The maximum Gasteiger partial charge on any atom is 0.417 e. The van der Waals surface area contributed by atoms with E-state index in [9.17, 15) is 22.8 Å². The van der Waals surface area contributed by atoms with Gasteiger partial charge in [-0.1, -0.05) is 26.5 Å². The average Bonchev–Trinajstić information content (AvgIpc) is 4.15. The van der Waals surface area contributed by atoms with Gasteiger partial charge in [-0.05, 0) is 36.4 Å². The van der Waals surface area contributed by atoms with Crippen LogP contribution in [0.2, 0.25) is 5.02 Å². The van der Waals surface area contributed by atoms with Crippen molar-refractivity contribution in [2.24, 2.45) is 0 Å². The number of benzene rings is 2. The second kappa shape index (κ2) is 23.1. The molecule has 0 aliphatic carbocycles. The Morgan fingerprint density at radius 1 is 0.729 bits per heavy atom. The van der Waals surface area contributed by atoms with Gasteiger partial charge in [-0.3, -0.25) is 20.0 Å². The number of nitriles is 2. The standard InChI is InChI=1S/C21H16F3N9OS.C20H17Cl2N9OS.2CH4/c22-21(23,24)15-7-13(2-1-12(15)8-25)30-19(34)31-20-26-9-14(35-20)3-4-32-5-6-33-17-16(10-29-33)27-11-28-18(17)32;21-4-6-31-17-16(10-28-31)26-11-27-18(17)24-5-3-14-9-25-20(33-14)30-19(32)29-13-2-1-12(8-23)15(22)7-13;;/h1-2,7,9-11H,3-6H2,(H2,26,30,31,34);1-2,7,9-11H,3-6H2,(H,24,26,27)(H2,25,29,30,32);2*1H4. The summed E-state index contributed by atoms with van der Waals surface area (Å²) in [6, 6.07) is 9.90. The van der Waals surface area contributed by atoms with Crippen molar-refractivity contribution in [3.05, 3.63) is 105 Å². The molecule has 6 aromatic heterocycles. The van der Waals surface area contributed by atoms with Crippen LogP contribution in [0.15, 0.2) is 73.8 Å². The van der Waals surface area contributed by atoms with Crippen molar-refractivity contribution >= 4 is 113 Å². The molecule has 0 bridgehead atoms. The zero-order valence-corrected chi connectivity index (χ0v) is 38.1. The zero-order valence-electron chi connectivity index (χ0n) is 34.9. The Bertz CT molecular complexity index is 3220. The van der Waals surface area contributed by atoms with Gasteiger partial charge in [-0.15, -0.1) is 34.3 Å². The molecule has 2 aromatic carbocycles. The van der Waals surface area contributed by atoms with Gasteiger partial charge in [0, 0.05) is 71.9 Å². The first kappa shape index (κ1) is 51.7. The number of nitrogens with one attached hydrogen (secondary N) is 5. The zero-order chi connectivity index (χ0) is 47.8. The Hall–Kier alpha value is -7.71. The van der Waals surface area contributed by atoms with Crippen molar-refractivity contribution in [2.75, 3.05) is 57.0 Å². The summed E-state index contributed by atoms with van der Waals surface area (Å²) in [4.78, 5) is 54.2. The second-order valence-corrected chi connectivity index (χ2v) is 17.3. The van der Waals surface area contributed by atoms with Crippen LogP contribution in [-0.2, 0) is 32.1 Å². The average molecular weight is 1030 g/mol. The summed E-state index contributed by atoms with van der Waals surface area (Å²) < 4.78 is 43.0. The Morgan fingerprint density at radius 3 is 1.99 bits per heavy atom. The highest BCUT2D eigenvalue weighted by molar-refractivity contribution is 7.16. The van der Waals surface area contributed by atoms with Gasteiger partial charge in [-0.25, -0.2) is 39.5 Å². The van der Waals surface area contributed by atoms with E-state index in [1.165, 1.54) is 53.5 Å². The Labute approximate surface area is 415 Å². The number of hydrogen-bond acceptors (Lipinski definition) is 16. The second-order valence-electron chi connectivity index (χ2n) is 14.3. The number of aromatic nitrogens is 10. The fourth-order valence-corrected chi connectivity index (χ4v) is 8.80. The molecule has 70 heavy (non-hydrogen) atoms. The summed E-state index contributed by atoms with van der Waals surface area (Å²) in [5, 5.41) is 41.0. The van der Waals surface area contributed by atoms with E-state index in [4.69, 9.17) is 33.7 Å². The minimum Gasteiger partial charge on any atom is -0.368 e. The predicted octanol–water partition coefficient (Wildman–Crippen LogP) is 9.50. The lowest BCUT2D eigenvalue weighted by atomic mass is 10.1. The SMILES string of the molecule is C.C.N#Cc1ccc(NC(=O)Nc2ncc(CCN3CCn4ncc5ncnc3c54)s2)cc1C(F)(F)F.N#Cc1ccc(NC(=O)Nc2ncc(CCNc3ncnc4cnn(CCCl)c34)s2)cc1Cl. The van der Waals surface area contributed by atoms with Crippen LogP contribution >= 0.6 is 45.9 Å². The molecule has 5 N–H and O–H groups in total. The Morgan fingerprint density at radius 2 is 1.34 bits per heavy atom. The highest BCUT2D eigenvalue weighted by Gasteiger charge is 2.34. The molecule has 0 saturated carbocycles. The molecule has 0 atom stereocenters. The molecule has 7 heterocycles. The number of halogens is 5. The molecule has 0 saturated heterocycles. The molecule has 9 rings (SSSR count). The minimum absolute atomic E-state index is 0. The van der Waals surface area contributed by atoms with Crippen molar-refractivity contribution < 1.29 is 22.8 Å². The molecule has 362 valence electrons. The van der Waals surface area contributed by atoms with Gasteiger partial charge in [0.2, 0.25) is 0 Å². The number of nitrogens with zero attached hydrogens (tertiary/aromatic N) is 13. The van der Waals surface area contributed by atoms with E-state index in [0.717, 1.165) is 62.9 Å². The van der Waals surface area contributed by atoms with Gasteiger partial charge >= 0.3 is 18.2 Å². The summed E-state index contributed by atoms with van der Waals surface area (Å²) >= 11 is 14.5. The number of thiazole rings is 2. The molecular weight excluding hydrogens is 993 g/mol. The topological polar surface area (TPSA) is 258 Å². The number of carbonyl (C=O) groups is 2. The van der Waals surface area contributed by atoms with E-state index in [1.807, 2.05) is 10.8 Å². The molecule has 20 nitrogen and oxygen atoms in total. The highest BCUT2D eigenvalue weighted by Crippen LogP contribution is 2.34. The number of hydrogen-bond donors (Lipinski definition) is 5. The van der Waals surface area contributed by atoms with Gasteiger partial charge in [0.1, 0.15) is 40.8 Å². The molecule has 0 spiro atoms. The summed E-state index contributed by atoms with van der Waals surface area (Å²) in [7, 11) is 0. The number of urea groups is 2. The van der Waals surface area contributed by atoms with E-state index in [-0.39, 0.29) is 25.6 Å². The molecule has 1 aliphatic heterocycles. The first-order chi connectivity index (χ1) is 32.9. The third kappa shape index (κ3) is 12.3. The number of aryl methyl sites for hydroxylation is 1. The van der Waals surface area contributed by atoms with Gasteiger partial charge in [0.05, 0.1) is 53.3 Å². The Kier molecular flexibility index (Phi) is 17.0. The van der Waals surface area contributed by atoms with E-state index < -0.39 is 29.4 Å². The van der Waals surface area contributed by atoms with Crippen molar-refractivity contribution in [1.82, 2.24) is 49.5 Å². The number of anilines is 6. The lowest BCUT2D eigenvalue weighted by Gasteiger charge is -2.28. The first-order valence-corrected chi connectivity index (χ1v) is 22.7. The summed E-state index contributed by atoms with van der Waals surface area (Å²) in [5.41, 5.74) is 2.34. The van der Waals surface area contributed by atoms with Crippen LogP contribution in [0.3, 0.4) is 0 Å². The third-order valence-electron chi connectivity index (χ3n) is 9.91. The molecule has 0 unspecified atom stereocenters. The van der Waals surface area contributed by atoms with Crippen molar-refractivity contribution in [3.8, 4) is 12.1 Å². The lowest BCUT2D eigenvalue weighted by molar-refractivity contribution is -0.137. The number of carbonyl (C=O) groups excluding carboxylic acids is 2. The van der Waals surface area contributed by atoms with Crippen LogP contribution in [0.25, 0.3) is 22.1 Å². The largest absolute Gasteiger partial charge is 0.417 e. The van der Waals surface area contributed by atoms with E-state index in [1.54, 1.807) is 41.6 Å². The monoisotopic (exact) mass is 1030 g/mol. The summed E-state index contributed by atoms with van der Waals surface area (Å²) in [6.45, 7) is 3.32. The fraction of sp³-hybridized carbons (Fsp3) is 0.256. The van der Waals surface area contributed by atoms with Crippen LogP contribution in [0, 0.1) is 22.7 Å². The maximum absolute atomic E-state index is 13.1. The molecular formula is C43H41Cl2F3N18O2S2. The van der Waals surface area contributed by atoms with Gasteiger partial charge in [-0.2, -0.15) is 33.9 Å². The van der Waals surface area contributed by atoms with Crippen molar-refractivity contribution in [3.63, 3.8) is 0 Å². The van der Waals surface area contributed by atoms with E-state index in [0.29, 0.717) is 65.7 Å². The number of rotatable bonds is 13. The van der Waals surface area contributed by atoms with Gasteiger partial charge in [0.15, 0.2) is 21.9 Å². The highest BCUT2D eigenvalue weighted by atomic mass is 35.5. The lowest BCUT2D eigenvalue weighted by Crippen LogP contribution is -2.34. The van der Waals surface area contributed by atoms with Crippen LogP contribution in [-0.4, -0.2) is 87.0 Å². The molecule has 0 fully saturated rings. The van der Waals surface area contributed by atoms with E-state index >= 15 is 0 Å². The van der Waals surface area contributed by atoms with E-state index in [2.05, 4.69) is 71.6 Å². The fourth-order valence-electron chi connectivity index (χ4n) is 6.82. The normalized spacial score (nSPS) is 11.6. The maximum atomic E-state index is 13.1. The number of amides is 4. The predicted molar refractivity (Wildman–Crippen MR) is 265 cm³/mol. The number of fused-ring (bicyclic) bond motifs is 1. The van der Waals surface area contributed by atoms with Crippen LogP contribution < -0.4 is 31.5 Å². The minimum atomic E-state index is -4.71.